The van der Waals surface area contributed by atoms with Gasteiger partial charge in [0.05, 0.1) is 0 Å². The topological polar surface area (TPSA) is 40.5 Å². The molecule has 1 aromatic rings. The molecule has 0 radical (unpaired) electrons. The molecular weight excluding hydrogens is 188 g/mol. The van der Waals surface area contributed by atoms with E-state index in [9.17, 15) is 5.11 Å². The van der Waals surface area contributed by atoms with Gasteiger partial charge < -0.3 is 10.2 Å². The predicted molar refractivity (Wildman–Crippen MR) is 62.1 cm³/mol. The molecule has 0 fully saturated rings. The molecule has 0 heterocycles. The zero-order valence-electron chi connectivity index (χ0n) is 9.16. The molecule has 0 saturated heterocycles. The first kappa shape index (κ1) is 11.6. The van der Waals surface area contributed by atoms with Gasteiger partial charge in [-0.15, -0.1) is 6.58 Å². The Morgan fingerprint density at radius 1 is 1.20 bits per heavy atom. The number of allylic oxidation sites excluding steroid dienone is 1. The average Bonchev–Trinajstić information content (AvgIpc) is 2.18. The van der Waals surface area contributed by atoms with E-state index >= 15 is 0 Å². The fourth-order valence-corrected chi connectivity index (χ4v) is 1.48. The summed E-state index contributed by atoms with van der Waals surface area (Å²) in [5.74, 6) is -0.0897. The van der Waals surface area contributed by atoms with Crippen LogP contribution in [0.5, 0.6) is 11.5 Å². The maximum absolute atomic E-state index is 9.28. The number of unbranched alkanes of at least 4 members (excludes halogenated alkanes) is 1. The highest BCUT2D eigenvalue weighted by atomic mass is 16.3. The van der Waals surface area contributed by atoms with Crippen molar-refractivity contribution in [3.63, 3.8) is 0 Å². The van der Waals surface area contributed by atoms with Crippen molar-refractivity contribution in [1.82, 2.24) is 0 Å². The first-order chi connectivity index (χ1) is 7.09. The number of aromatic hydroxyl groups is 2. The molecule has 0 unspecified atom stereocenters. The van der Waals surface area contributed by atoms with Gasteiger partial charge in [0.1, 0.15) is 0 Å². The van der Waals surface area contributed by atoms with Gasteiger partial charge in [-0.25, -0.2) is 0 Å². The van der Waals surface area contributed by atoms with Crippen molar-refractivity contribution < 1.29 is 10.2 Å². The number of phenolic OH excluding ortho intramolecular Hbond substituents is 2. The fraction of sp³-hybridized carbons (Fsp3) is 0.385. The Morgan fingerprint density at radius 3 is 2.53 bits per heavy atom. The number of hydrogen-bond acceptors (Lipinski definition) is 2. The Labute approximate surface area is 90.9 Å². The maximum atomic E-state index is 9.28. The van der Waals surface area contributed by atoms with Crippen LogP contribution in [0.1, 0.15) is 31.7 Å². The van der Waals surface area contributed by atoms with Crippen molar-refractivity contribution in [3.05, 3.63) is 35.9 Å². The van der Waals surface area contributed by atoms with Crippen LogP contribution in [-0.4, -0.2) is 10.2 Å². The zero-order valence-corrected chi connectivity index (χ0v) is 9.16. The summed E-state index contributed by atoms with van der Waals surface area (Å²) in [5, 5.41) is 18.4. The van der Waals surface area contributed by atoms with Crippen molar-refractivity contribution in [2.45, 2.75) is 32.6 Å². The van der Waals surface area contributed by atoms with Crippen LogP contribution in [0.3, 0.4) is 0 Å². The van der Waals surface area contributed by atoms with E-state index in [-0.39, 0.29) is 11.5 Å². The summed E-state index contributed by atoms with van der Waals surface area (Å²) >= 11 is 0. The van der Waals surface area contributed by atoms with Crippen LogP contribution in [0.15, 0.2) is 30.4 Å². The summed E-state index contributed by atoms with van der Waals surface area (Å²) in [6, 6.07) is 5.00. The van der Waals surface area contributed by atoms with E-state index in [1.54, 1.807) is 6.07 Å². The van der Waals surface area contributed by atoms with Gasteiger partial charge in [-0.2, -0.15) is 0 Å². The Morgan fingerprint density at radius 2 is 1.93 bits per heavy atom. The summed E-state index contributed by atoms with van der Waals surface area (Å²) in [5.41, 5.74) is 2.27. The molecule has 2 nitrogen and oxygen atoms in total. The Balaban J connectivity index is 2.38. The standard InChI is InChI=1S/C13H18O2/c1-10(2)5-3-4-6-11-7-8-12(14)13(15)9-11/h7-9,14-15H,1,3-6H2,2H3. The molecule has 82 valence electrons. The Hall–Kier alpha value is -1.44. The van der Waals surface area contributed by atoms with Gasteiger partial charge in [0.2, 0.25) is 0 Å². The van der Waals surface area contributed by atoms with E-state index in [1.165, 1.54) is 11.6 Å². The van der Waals surface area contributed by atoms with Gasteiger partial charge in [0.25, 0.3) is 0 Å². The van der Waals surface area contributed by atoms with Crippen LogP contribution >= 0.6 is 0 Å². The summed E-state index contributed by atoms with van der Waals surface area (Å²) < 4.78 is 0. The SMILES string of the molecule is C=C(C)CCCCc1ccc(O)c(O)c1. The first-order valence-electron chi connectivity index (χ1n) is 5.25. The number of hydrogen-bond donors (Lipinski definition) is 2. The third-order valence-corrected chi connectivity index (χ3v) is 2.36. The van der Waals surface area contributed by atoms with E-state index in [0.29, 0.717) is 0 Å². The van der Waals surface area contributed by atoms with E-state index in [4.69, 9.17) is 5.11 Å². The van der Waals surface area contributed by atoms with E-state index in [1.807, 2.05) is 13.0 Å². The normalized spacial score (nSPS) is 10.2. The van der Waals surface area contributed by atoms with E-state index in [2.05, 4.69) is 6.58 Å². The van der Waals surface area contributed by atoms with Crippen LogP contribution in [0.4, 0.5) is 0 Å². The van der Waals surface area contributed by atoms with Gasteiger partial charge in [0.15, 0.2) is 11.5 Å². The van der Waals surface area contributed by atoms with Gasteiger partial charge in [-0.05, 0) is 50.3 Å². The average molecular weight is 206 g/mol. The molecule has 0 aliphatic carbocycles. The first-order valence-corrected chi connectivity index (χ1v) is 5.25. The number of phenols is 2. The molecule has 0 bridgehead atoms. The highest BCUT2D eigenvalue weighted by molar-refractivity contribution is 5.40. The smallest absolute Gasteiger partial charge is 0.157 e. The van der Waals surface area contributed by atoms with Crippen molar-refractivity contribution in [3.8, 4) is 11.5 Å². The Bertz CT molecular complexity index is 342. The van der Waals surface area contributed by atoms with Crippen LogP contribution in [-0.2, 0) is 6.42 Å². The fourth-order valence-electron chi connectivity index (χ4n) is 1.48. The predicted octanol–water partition coefficient (Wildman–Crippen LogP) is 3.39. The molecule has 0 amide bonds. The summed E-state index contributed by atoms with van der Waals surface area (Å²) in [6.07, 6.45) is 4.19. The van der Waals surface area contributed by atoms with Gasteiger partial charge >= 0.3 is 0 Å². The summed E-state index contributed by atoms with van der Waals surface area (Å²) in [4.78, 5) is 0. The van der Waals surface area contributed by atoms with Crippen LogP contribution in [0.25, 0.3) is 0 Å². The van der Waals surface area contributed by atoms with E-state index in [0.717, 1.165) is 31.2 Å². The minimum absolute atomic E-state index is 0.0348. The highest BCUT2D eigenvalue weighted by Crippen LogP contribution is 2.25. The van der Waals surface area contributed by atoms with Gasteiger partial charge in [0, 0.05) is 0 Å². The molecule has 2 heteroatoms. The number of benzene rings is 1. The second kappa shape index (κ2) is 5.44. The third-order valence-electron chi connectivity index (χ3n) is 2.36. The molecule has 15 heavy (non-hydrogen) atoms. The number of aryl methyl sites for hydroxylation is 1. The minimum Gasteiger partial charge on any atom is -0.504 e. The maximum Gasteiger partial charge on any atom is 0.157 e. The van der Waals surface area contributed by atoms with E-state index < -0.39 is 0 Å². The van der Waals surface area contributed by atoms with Crippen LogP contribution in [0.2, 0.25) is 0 Å². The quantitative estimate of drug-likeness (QED) is 0.440. The third kappa shape index (κ3) is 4.07. The van der Waals surface area contributed by atoms with Gasteiger partial charge in [-0.3, -0.25) is 0 Å². The Kier molecular flexibility index (Phi) is 4.22. The molecule has 2 N–H and O–H groups in total. The van der Waals surface area contributed by atoms with Crippen LogP contribution < -0.4 is 0 Å². The lowest BCUT2D eigenvalue weighted by atomic mass is 10.0. The molecule has 0 aliphatic heterocycles. The highest BCUT2D eigenvalue weighted by Gasteiger charge is 2.00. The lowest BCUT2D eigenvalue weighted by Gasteiger charge is -2.03. The lowest BCUT2D eigenvalue weighted by molar-refractivity contribution is 0.403. The van der Waals surface area contributed by atoms with Crippen LogP contribution in [0, 0.1) is 0 Å². The van der Waals surface area contributed by atoms with Gasteiger partial charge in [-0.1, -0.05) is 11.6 Å². The lowest BCUT2D eigenvalue weighted by Crippen LogP contribution is -1.86. The molecule has 0 spiro atoms. The molecule has 1 aromatic carbocycles. The molecule has 0 atom stereocenters. The largest absolute Gasteiger partial charge is 0.504 e. The molecule has 0 aromatic heterocycles. The van der Waals surface area contributed by atoms with Crippen molar-refractivity contribution in [1.29, 1.82) is 0 Å². The molecule has 0 saturated carbocycles. The zero-order chi connectivity index (χ0) is 11.3. The molecule has 0 aliphatic rings. The second-order valence-corrected chi connectivity index (χ2v) is 3.99. The summed E-state index contributed by atoms with van der Waals surface area (Å²) in [6.45, 7) is 5.89. The minimum atomic E-state index is -0.0549. The molecule has 1 rings (SSSR count). The van der Waals surface area contributed by atoms with Crippen molar-refractivity contribution in [2.75, 3.05) is 0 Å². The second-order valence-electron chi connectivity index (χ2n) is 3.99. The number of rotatable bonds is 5. The monoisotopic (exact) mass is 206 g/mol. The summed E-state index contributed by atoms with van der Waals surface area (Å²) in [7, 11) is 0. The van der Waals surface area contributed by atoms with Crippen molar-refractivity contribution in [2.24, 2.45) is 0 Å². The van der Waals surface area contributed by atoms with Crippen molar-refractivity contribution >= 4 is 0 Å². The molecular formula is C13H18O2.